The number of amides is 1. The Balaban J connectivity index is 1.70. The van der Waals surface area contributed by atoms with Gasteiger partial charge in [-0.2, -0.15) is 0 Å². The topological polar surface area (TPSA) is 46.9 Å². The molecule has 0 radical (unpaired) electrons. The Labute approximate surface area is 155 Å². The zero-order valence-electron chi connectivity index (χ0n) is 15.4. The summed E-state index contributed by atoms with van der Waals surface area (Å²) in [5.41, 5.74) is 2.81. The first-order valence-corrected chi connectivity index (χ1v) is 9.57. The number of aryl methyl sites for hydroxylation is 1. The number of nitrogens with zero attached hydrogens (tertiary/aromatic N) is 2. The molecular formula is C22H27N3O. The molecule has 1 aromatic heterocycles. The van der Waals surface area contributed by atoms with E-state index in [2.05, 4.69) is 22.9 Å². The van der Waals surface area contributed by atoms with E-state index in [0.29, 0.717) is 12.1 Å². The summed E-state index contributed by atoms with van der Waals surface area (Å²) in [4.78, 5) is 17.1. The molecule has 4 heteroatoms. The maximum Gasteiger partial charge on any atom is 0.251 e. The van der Waals surface area contributed by atoms with Crippen LogP contribution in [0, 0.1) is 0 Å². The third-order valence-electron chi connectivity index (χ3n) is 4.66. The SMILES string of the molecule is CCCCCCCn1c(CNC(=O)c2ccccc2)nc2ccccc21. The van der Waals surface area contributed by atoms with Crippen LogP contribution < -0.4 is 5.32 Å². The first-order valence-electron chi connectivity index (χ1n) is 9.57. The van der Waals surface area contributed by atoms with Crippen molar-refractivity contribution in [1.29, 1.82) is 0 Å². The average Bonchev–Trinajstić information content (AvgIpc) is 3.04. The molecule has 3 rings (SSSR count). The Hall–Kier alpha value is -2.62. The second-order valence-electron chi connectivity index (χ2n) is 6.63. The fraction of sp³-hybridized carbons (Fsp3) is 0.364. The number of imidazole rings is 1. The highest BCUT2D eigenvalue weighted by Gasteiger charge is 2.12. The number of carbonyl (C=O) groups excluding carboxylic acids is 1. The lowest BCUT2D eigenvalue weighted by atomic mass is 10.1. The molecule has 0 saturated heterocycles. The molecule has 0 bridgehead atoms. The van der Waals surface area contributed by atoms with Gasteiger partial charge in [-0.3, -0.25) is 4.79 Å². The Morgan fingerprint density at radius 2 is 1.69 bits per heavy atom. The van der Waals surface area contributed by atoms with Gasteiger partial charge < -0.3 is 9.88 Å². The lowest BCUT2D eigenvalue weighted by molar-refractivity contribution is 0.0949. The Bertz CT molecular complexity index is 839. The molecule has 2 aromatic carbocycles. The van der Waals surface area contributed by atoms with Crippen LogP contribution in [0.15, 0.2) is 54.6 Å². The maximum absolute atomic E-state index is 12.3. The normalized spacial score (nSPS) is 11.0. The van der Waals surface area contributed by atoms with E-state index >= 15 is 0 Å². The minimum atomic E-state index is -0.0628. The number of nitrogens with one attached hydrogen (secondary N) is 1. The molecule has 0 saturated carbocycles. The number of benzene rings is 2. The highest BCUT2D eigenvalue weighted by Crippen LogP contribution is 2.17. The van der Waals surface area contributed by atoms with Gasteiger partial charge in [0.05, 0.1) is 17.6 Å². The molecule has 136 valence electrons. The molecular weight excluding hydrogens is 322 g/mol. The van der Waals surface area contributed by atoms with E-state index in [4.69, 9.17) is 4.98 Å². The molecule has 0 fully saturated rings. The summed E-state index contributed by atoms with van der Waals surface area (Å²) >= 11 is 0. The summed E-state index contributed by atoms with van der Waals surface area (Å²) in [6, 6.07) is 17.5. The molecule has 0 atom stereocenters. The summed E-state index contributed by atoms with van der Waals surface area (Å²) in [6.07, 6.45) is 6.20. The minimum Gasteiger partial charge on any atom is -0.345 e. The van der Waals surface area contributed by atoms with Gasteiger partial charge in [-0.05, 0) is 30.7 Å². The summed E-state index contributed by atoms with van der Waals surface area (Å²) in [7, 11) is 0. The van der Waals surface area contributed by atoms with E-state index in [9.17, 15) is 4.79 Å². The number of rotatable bonds is 9. The van der Waals surface area contributed by atoms with Crippen LogP contribution in [-0.2, 0) is 13.1 Å². The Kier molecular flexibility index (Phi) is 6.42. The van der Waals surface area contributed by atoms with Gasteiger partial charge in [-0.15, -0.1) is 0 Å². The number of unbranched alkanes of at least 4 members (excludes halogenated alkanes) is 4. The number of hydrogen-bond donors (Lipinski definition) is 1. The molecule has 1 N–H and O–H groups in total. The fourth-order valence-electron chi connectivity index (χ4n) is 3.23. The van der Waals surface area contributed by atoms with Crippen molar-refractivity contribution in [3.8, 4) is 0 Å². The largest absolute Gasteiger partial charge is 0.345 e. The Morgan fingerprint density at radius 3 is 2.50 bits per heavy atom. The summed E-state index contributed by atoms with van der Waals surface area (Å²) in [5, 5.41) is 3.01. The standard InChI is InChI=1S/C22H27N3O/c1-2-3-4-5-11-16-25-20-15-10-9-14-19(20)24-21(25)17-23-22(26)18-12-7-6-8-13-18/h6-10,12-15H,2-5,11,16-17H2,1H3,(H,23,26). The molecule has 0 aliphatic carbocycles. The molecule has 1 amide bonds. The molecule has 1 heterocycles. The van der Waals surface area contributed by atoms with Gasteiger partial charge in [0.2, 0.25) is 0 Å². The van der Waals surface area contributed by atoms with Crippen LogP contribution >= 0.6 is 0 Å². The van der Waals surface area contributed by atoms with Crippen LogP contribution in [0.25, 0.3) is 11.0 Å². The van der Waals surface area contributed by atoms with Gasteiger partial charge in [-0.25, -0.2) is 4.98 Å². The molecule has 4 nitrogen and oxygen atoms in total. The number of fused-ring (bicyclic) bond motifs is 1. The maximum atomic E-state index is 12.3. The van der Waals surface area contributed by atoms with Crippen molar-refractivity contribution in [2.45, 2.75) is 52.1 Å². The number of para-hydroxylation sites is 2. The lowest BCUT2D eigenvalue weighted by Gasteiger charge is -2.10. The van der Waals surface area contributed by atoms with Gasteiger partial charge in [-0.1, -0.05) is 62.9 Å². The van der Waals surface area contributed by atoms with Crippen molar-refractivity contribution in [3.05, 3.63) is 66.0 Å². The predicted octanol–water partition coefficient (Wildman–Crippen LogP) is 4.94. The third-order valence-corrected chi connectivity index (χ3v) is 4.66. The molecule has 0 aliphatic rings. The van der Waals surface area contributed by atoms with Crippen molar-refractivity contribution in [2.75, 3.05) is 0 Å². The summed E-state index contributed by atoms with van der Waals surface area (Å²) < 4.78 is 2.26. The van der Waals surface area contributed by atoms with Gasteiger partial charge in [0, 0.05) is 12.1 Å². The summed E-state index contributed by atoms with van der Waals surface area (Å²) in [6.45, 7) is 3.62. The van der Waals surface area contributed by atoms with E-state index in [1.54, 1.807) is 0 Å². The lowest BCUT2D eigenvalue weighted by Crippen LogP contribution is -2.24. The van der Waals surface area contributed by atoms with E-state index in [0.717, 1.165) is 29.8 Å². The number of aromatic nitrogens is 2. The number of carbonyl (C=O) groups is 1. The third kappa shape index (κ3) is 4.51. The van der Waals surface area contributed by atoms with Crippen LogP contribution in [0.4, 0.5) is 0 Å². The van der Waals surface area contributed by atoms with Gasteiger partial charge in [0.15, 0.2) is 0 Å². The van der Waals surface area contributed by atoms with Crippen molar-refractivity contribution in [3.63, 3.8) is 0 Å². The molecule has 0 spiro atoms. The quantitative estimate of drug-likeness (QED) is 0.556. The van der Waals surface area contributed by atoms with Crippen molar-refractivity contribution in [2.24, 2.45) is 0 Å². The van der Waals surface area contributed by atoms with Crippen molar-refractivity contribution >= 4 is 16.9 Å². The fourth-order valence-corrected chi connectivity index (χ4v) is 3.23. The highest BCUT2D eigenvalue weighted by molar-refractivity contribution is 5.94. The van der Waals surface area contributed by atoms with Crippen LogP contribution in [0.1, 0.15) is 55.2 Å². The molecule has 0 unspecified atom stereocenters. The van der Waals surface area contributed by atoms with Crippen molar-refractivity contribution in [1.82, 2.24) is 14.9 Å². The van der Waals surface area contributed by atoms with Crippen molar-refractivity contribution < 1.29 is 4.79 Å². The second-order valence-corrected chi connectivity index (χ2v) is 6.63. The molecule has 26 heavy (non-hydrogen) atoms. The summed E-state index contributed by atoms with van der Waals surface area (Å²) in [5.74, 6) is 0.859. The second kappa shape index (κ2) is 9.18. The monoisotopic (exact) mass is 349 g/mol. The van der Waals surface area contributed by atoms with Gasteiger partial charge >= 0.3 is 0 Å². The van der Waals surface area contributed by atoms with E-state index < -0.39 is 0 Å². The van der Waals surface area contributed by atoms with E-state index in [-0.39, 0.29) is 5.91 Å². The van der Waals surface area contributed by atoms with Crippen LogP contribution in [0.2, 0.25) is 0 Å². The van der Waals surface area contributed by atoms with E-state index in [1.165, 1.54) is 25.7 Å². The highest BCUT2D eigenvalue weighted by atomic mass is 16.1. The predicted molar refractivity (Wildman–Crippen MR) is 106 cm³/mol. The zero-order valence-corrected chi connectivity index (χ0v) is 15.4. The first-order chi connectivity index (χ1) is 12.8. The van der Waals surface area contributed by atoms with Crippen LogP contribution in [-0.4, -0.2) is 15.5 Å². The Morgan fingerprint density at radius 1 is 0.962 bits per heavy atom. The zero-order chi connectivity index (χ0) is 18.2. The van der Waals surface area contributed by atoms with Crippen LogP contribution in [0.5, 0.6) is 0 Å². The average molecular weight is 349 g/mol. The van der Waals surface area contributed by atoms with Crippen LogP contribution in [0.3, 0.4) is 0 Å². The first kappa shape index (κ1) is 18.2. The molecule has 0 aliphatic heterocycles. The van der Waals surface area contributed by atoms with Gasteiger partial charge in [0.25, 0.3) is 5.91 Å². The molecule has 3 aromatic rings. The van der Waals surface area contributed by atoms with E-state index in [1.807, 2.05) is 48.5 Å². The minimum absolute atomic E-state index is 0.0628. The number of hydrogen-bond acceptors (Lipinski definition) is 2. The smallest absolute Gasteiger partial charge is 0.251 e. The van der Waals surface area contributed by atoms with Gasteiger partial charge in [0.1, 0.15) is 5.82 Å².